The summed E-state index contributed by atoms with van der Waals surface area (Å²) in [5.41, 5.74) is 0.435. The van der Waals surface area contributed by atoms with Gasteiger partial charge in [0.15, 0.2) is 6.54 Å². The SMILES string of the molecule is CC[N+](C)(C)OC(=O)/C(C)=C/CCCS(=O)(=O)O.C[N+](C)(C)CC(=O)O. The highest BCUT2D eigenvalue weighted by molar-refractivity contribution is 7.85. The first-order valence-corrected chi connectivity index (χ1v) is 9.81. The van der Waals surface area contributed by atoms with Crippen molar-refractivity contribution in [1.29, 1.82) is 0 Å². The molecule has 0 amide bonds. The zero-order valence-corrected chi connectivity index (χ0v) is 17.7. The predicted octanol–water partition coefficient (Wildman–Crippen LogP) is 0.932. The number of rotatable bonds is 9. The molecule has 0 aliphatic rings. The first kappa shape index (κ1) is 26.7. The molecule has 0 fully saturated rings. The number of aliphatic carboxylic acids is 1. The molecule has 0 saturated carbocycles. The number of unbranched alkanes of at least 4 members (excludes halogenated alkanes) is 1. The van der Waals surface area contributed by atoms with Gasteiger partial charge in [0.05, 0.1) is 26.9 Å². The largest absolute Gasteiger partial charge is 0.477 e. The van der Waals surface area contributed by atoms with E-state index in [4.69, 9.17) is 14.5 Å². The number of hydrogen-bond donors (Lipinski definition) is 2. The van der Waals surface area contributed by atoms with Crippen molar-refractivity contribution >= 4 is 22.1 Å². The smallest absolute Gasteiger partial charge is 0.392 e. The fourth-order valence-electron chi connectivity index (χ4n) is 1.43. The molecule has 0 aliphatic heterocycles. The molecule has 9 nitrogen and oxygen atoms in total. The Morgan fingerprint density at radius 2 is 1.62 bits per heavy atom. The molecule has 10 heteroatoms. The molecule has 0 aliphatic carbocycles. The molecule has 0 bridgehead atoms. The van der Waals surface area contributed by atoms with Crippen molar-refractivity contribution < 1.29 is 41.6 Å². The lowest BCUT2D eigenvalue weighted by Crippen LogP contribution is -2.41. The second-order valence-electron chi connectivity index (χ2n) is 7.43. The van der Waals surface area contributed by atoms with Gasteiger partial charge < -0.3 is 9.59 Å². The van der Waals surface area contributed by atoms with E-state index in [0.29, 0.717) is 23.0 Å². The Labute approximate surface area is 156 Å². The van der Waals surface area contributed by atoms with Crippen LogP contribution in [-0.4, -0.2) is 93.2 Å². The molecule has 0 radical (unpaired) electrons. The van der Waals surface area contributed by atoms with Crippen molar-refractivity contribution in [2.75, 3.05) is 54.1 Å². The molecule has 0 unspecified atom stereocenters. The van der Waals surface area contributed by atoms with E-state index in [9.17, 15) is 18.0 Å². The second-order valence-corrected chi connectivity index (χ2v) is 9.00. The fourth-order valence-corrected chi connectivity index (χ4v) is 1.97. The van der Waals surface area contributed by atoms with Crippen molar-refractivity contribution in [3.63, 3.8) is 0 Å². The Kier molecular flexibility index (Phi) is 11.6. The molecule has 0 heterocycles. The maximum absolute atomic E-state index is 11.6. The minimum atomic E-state index is -3.92. The number of likely N-dealkylation sites (N-methyl/N-ethyl adjacent to an activating group) is 1. The van der Waals surface area contributed by atoms with Gasteiger partial charge in [-0.05, 0) is 26.7 Å². The van der Waals surface area contributed by atoms with Gasteiger partial charge in [0, 0.05) is 5.57 Å². The van der Waals surface area contributed by atoms with E-state index in [1.165, 1.54) is 0 Å². The van der Waals surface area contributed by atoms with Crippen molar-refractivity contribution in [2.24, 2.45) is 0 Å². The maximum atomic E-state index is 11.6. The number of hydroxylamine groups is 3. The lowest BCUT2D eigenvalue weighted by atomic mass is 10.2. The summed E-state index contributed by atoms with van der Waals surface area (Å²) in [4.78, 5) is 26.8. The zero-order valence-electron chi connectivity index (χ0n) is 16.9. The van der Waals surface area contributed by atoms with Crippen LogP contribution in [0.25, 0.3) is 0 Å². The van der Waals surface area contributed by atoms with Crippen molar-refractivity contribution in [2.45, 2.75) is 26.7 Å². The summed E-state index contributed by atoms with van der Waals surface area (Å²) in [5.74, 6) is -1.48. The number of carbonyl (C=O) groups excluding carboxylic acids is 1. The Bertz CT molecular complexity index is 590. The average molecular weight is 399 g/mol. The van der Waals surface area contributed by atoms with Crippen LogP contribution in [0.3, 0.4) is 0 Å². The van der Waals surface area contributed by atoms with Gasteiger partial charge in [-0.15, -0.1) is 4.65 Å². The molecule has 0 aromatic rings. The van der Waals surface area contributed by atoms with Gasteiger partial charge in [0.2, 0.25) is 0 Å². The molecule has 154 valence electrons. The minimum absolute atomic E-state index is 0.134. The van der Waals surface area contributed by atoms with E-state index < -0.39 is 22.1 Å². The van der Waals surface area contributed by atoms with Crippen LogP contribution < -0.4 is 0 Å². The fraction of sp³-hybridized carbons (Fsp3) is 0.750. The molecule has 0 spiro atoms. The van der Waals surface area contributed by atoms with E-state index in [-0.39, 0.29) is 23.4 Å². The quantitative estimate of drug-likeness (QED) is 0.195. The van der Waals surface area contributed by atoms with Crippen LogP contribution in [-0.2, 0) is 24.5 Å². The molecule has 0 saturated heterocycles. The normalized spacial score (nSPS) is 12.8. The van der Waals surface area contributed by atoms with Crippen LogP contribution in [0.15, 0.2) is 11.6 Å². The van der Waals surface area contributed by atoms with E-state index >= 15 is 0 Å². The third-order valence-electron chi connectivity index (χ3n) is 3.08. The Morgan fingerprint density at radius 1 is 1.12 bits per heavy atom. The van der Waals surface area contributed by atoms with Gasteiger partial charge in [-0.25, -0.2) is 9.59 Å². The summed E-state index contributed by atoms with van der Waals surface area (Å²) in [6.07, 6.45) is 2.29. The first-order valence-electron chi connectivity index (χ1n) is 8.20. The molecular formula is C16H34N2O7S+2. The highest BCUT2D eigenvalue weighted by atomic mass is 32.2. The first-order chi connectivity index (χ1) is 11.5. The number of carboxylic acids is 1. The molecule has 0 rings (SSSR count). The molecule has 2 N–H and O–H groups in total. The third kappa shape index (κ3) is 18.8. The number of quaternary nitrogens is 2. The van der Waals surface area contributed by atoms with Crippen LogP contribution in [0.1, 0.15) is 26.7 Å². The summed E-state index contributed by atoms with van der Waals surface area (Å²) < 4.78 is 30.1. The van der Waals surface area contributed by atoms with Gasteiger partial charge in [-0.1, -0.05) is 6.08 Å². The molecular weight excluding hydrogens is 364 g/mol. The molecule has 0 aromatic heterocycles. The van der Waals surface area contributed by atoms with Crippen molar-refractivity contribution in [3.05, 3.63) is 11.6 Å². The molecule has 0 atom stereocenters. The van der Waals surface area contributed by atoms with Crippen LogP contribution >= 0.6 is 0 Å². The van der Waals surface area contributed by atoms with Gasteiger partial charge in [0.1, 0.15) is 20.6 Å². The van der Waals surface area contributed by atoms with Gasteiger partial charge >= 0.3 is 11.9 Å². The second kappa shape index (κ2) is 11.3. The monoisotopic (exact) mass is 398 g/mol. The lowest BCUT2D eigenvalue weighted by Gasteiger charge is -2.24. The van der Waals surface area contributed by atoms with Crippen LogP contribution in [0, 0.1) is 0 Å². The third-order valence-corrected chi connectivity index (χ3v) is 3.88. The summed E-state index contributed by atoms with van der Waals surface area (Å²) in [6.45, 7) is 4.35. The van der Waals surface area contributed by atoms with E-state index in [2.05, 4.69) is 0 Å². The number of nitrogens with zero attached hydrogens (tertiary/aromatic N) is 2. The van der Waals surface area contributed by atoms with Crippen LogP contribution in [0.2, 0.25) is 0 Å². The highest BCUT2D eigenvalue weighted by Crippen LogP contribution is 2.07. The minimum Gasteiger partial charge on any atom is -0.477 e. The summed E-state index contributed by atoms with van der Waals surface area (Å²) >= 11 is 0. The zero-order chi connectivity index (χ0) is 21.2. The van der Waals surface area contributed by atoms with Crippen molar-refractivity contribution in [3.8, 4) is 0 Å². The lowest BCUT2D eigenvalue weighted by molar-refractivity contribution is -1.06. The van der Waals surface area contributed by atoms with Crippen LogP contribution in [0.5, 0.6) is 0 Å². The van der Waals surface area contributed by atoms with Gasteiger partial charge in [-0.2, -0.15) is 8.42 Å². The van der Waals surface area contributed by atoms with Crippen LogP contribution in [0.4, 0.5) is 0 Å². The average Bonchev–Trinajstić information content (AvgIpc) is 2.39. The standard InChI is InChI=1S/C11H21NO5S.C5H11NO2/c1-5-12(3,4)17-11(13)10(2)8-6-7-9-18(14,15)16;1-6(2,3)4-5(7)8/h8H,5-7,9H2,1-4H3;4H2,1-3H3/p+2/b10-8+;. The Hall–Kier alpha value is -1.49. The van der Waals surface area contributed by atoms with Gasteiger partial charge in [0.25, 0.3) is 10.1 Å². The van der Waals surface area contributed by atoms with Gasteiger partial charge in [-0.3, -0.25) is 9.39 Å². The van der Waals surface area contributed by atoms with E-state index in [1.807, 2.05) is 28.1 Å². The number of carbonyl (C=O) groups is 2. The number of allylic oxidation sites excluding steroid dienone is 1. The number of hydrogen-bond acceptors (Lipinski definition) is 5. The number of carboxylic acid groups (broad SMARTS) is 1. The summed E-state index contributed by atoms with van der Waals surface area (Å²) in [5, 5.41) is 8.23. The highest BCUT2D eigenvalue weighted by Gasteiger charge is 2.20. The predicted molar refractivity (Wildman–Crippen MR) is 98.7 cm³/mol. The summed E-state index contributed by atoms with van der Waals surface area (Å²) in [7, 11) is 5.14. The van der Waals surface area contributed by atoms with E-state index in [0.717, 1.165) is 0 Å². The molecule has 0 aromatic carbocycles. The summed E-state index contributed by atoms with van der Waals surface area (Å²) in [6, 6.07) is 0. The van der Waals surface area contributed by atoms with Crippen molar-refractivity contribution in [1.82, 2.24) is 0 Å². The topological polar surface area (TPSA) is 118 Å². The Morgan fingerprint density at radius 3 is 1.92 bits per heavy atom. The van der Waals surface area contributed by atoms with E-state index in [1.54, 1.807) is 27.1 Å². The molecule has 26 heavy (non-hydrogen) atoms. The Balaban J connectivity index is 0. The maximum Gasteiger partial charge on any atom is 0.392 e.